The normalized spacial score (nSPS) is 12.9. The first-order valence-corrected chi connectivity index (χ1v) is 22.6. The fourth-order valence-corrected chi connectivity index (χ4v) is 10.8. The minimum atomic E-state index is -0.126. The number of fused-ring (bicyclic) bond motifs is 12. The monoisotopic (exact) mass is 829 g/mol. The van der Waals surface area contributed by atoms with E-state index >= 15 is 0 Å². The standard InChI is InChI=1S/C63H43NO/c1-63(2)57-23-13-12-20-52(57)53-35-34-49(39-58(53)63)64(47-30-26-42(27-31-47)40-14-4-3-5-15-40)48-32-28-43(29-33-48)56-37-46(45-25-24-41-16-6-7-17-44(41)36-45)38-59-60(56)61-54-21-10-8-18-50(54)51-19-9-11-22-55(51)62(61)65-59/h3-39H,1-2H3. The van der Waals surface area contributed by atoms with Gasteiger partial charge in [0, 0.05) is 38.6 Å². The summed E-state index contributed by atoms with van der Waals surface area (Å²) in [5.74, 6) is 0. The second-order valence-corrected chi connectivity index (χ2v) is 18.1. The van der Waals surface area contributed by atoms with Gasteiger partial charge in [-0.25, -0.2) is 0 Å². The topological polar surface area (TPSA) is 16.4 Å². The summed E-state index contributed by atoms with van der Waals surface area (Å²) >= 11 is 0. The van der Waals surface area contributed by atoms with Crippen LogP contribution in [0.25, 0.3) is 98.8 Å². The summed E-state index contributed by atoms with van der Waals surface area (Å²) in [5, 5.41) is 9.48. The largest absolute Gasteiger partial charge is 0.455 e. The van der Waals surface area contributed by atoms with Crippen LogP contribution in [0.5, 0.6) is 0 Å². The Bertz CT molecular complexity index is 3840. The number of nitrogens with zero attached hydrogens (tertiary/aromatic N) is 1. The molecular formula is C63H43NO. The Balaban J connectivity index is 1.01. The van der Waals surface area contributed by atoms with Crippen LogP contribution in [-0.4, -0.2) is 0 Å². The van der Waals surface area contributed by atoms with Crippen molar-refractivity contribution in [2.75, 3.05) is 4.90 Å². The molecule has 0 saturated carbocycles. The molecule has 0 saturated heterocycles. The summed E-state index contributed by atoms with van der Waals surface area (Å²) in [5.41, 5.74) is 17.3. The third kappa shape index (κ3) is 5.88. The molecule has 11 aromatic carbocycles. The van der Waals surface area contributed by atoms with E-state index in [2.05, 4.69) is 243 Å². The van der Waals surface area contributed by atoms with E-state index in [0.29, 0.717) is 0 Å². The summed E-state index contributed by atoms with van der Waals surface area (Å²) in [6.45, 7) is 4.71. The predicted molar refractivity (Wildman–Crippen MR) is 275 cm³/mol. The molecule has 2 nitrogen and oxygen atoms in total. The first-order chi connectivity index (χ1) is 32.0. The Hall–Kier alpha value is -8.20. The van der Waals surface area contributed by atoms with Gasteiger partial charge in [-0.1, -0.05) is 184 Å². The highest BCUT2D eigenvalue weighted by atomic mass is 16.3. The van der Waals surface area contributed by atoms with Gasteiger partial charge in [-0.05, 0) is 137 Å². The minimum absolute atomic E-state index is 0.126. The molecule has 2 heteroatoms. The zero-order chi connectivity index (χ0) is 43.2. The third-order valence-corrected chi connectivity index (χ3v) is 14.0. The molecule has 0 fully saturated rings. The lowest BCUT2D eigenvalue weighted by Gasteiger charge is -2.28. The lowest BCUT2D eigenvalue weighted by molar-refractivity contribution is 0.660. The average Bonchev–Trinajstić information content (AvgIpc) is 3.87. The van der Waals surface area contributed by atoms with Crippen molar-refractivity contribution in [2.24, 2.45) is 0 Å². The van der Waals surface area contributed by atoms with E-state index in [4.69, 9.17) is 4.42 Å². The lowest BCUT2D eigenvalue weighted by Crippen LogP contribution is -2.16. The van der Waals surface area contributed by atoms with Crippen LogP contribution in [0.4, 0.5) is 17.1 Å². The summed E-state index contributed by atoms with van der Waals surface area (Å²) in [6, 6.07) is 82.1. The molecule has 1 aliphatic rings. The van der Waals surface area contributed by atoms with E-state index in [0.717, 1.165) is 66.6 Å². The molecule has 0 N–H and O–H groups in total. The quantitative estimate of drug-likeness (QED) is 0.155. The van der Waals surface area contributed by atoms with Gasteiger partial charge in [-0.3, -0.25) is 0 Å². The van der Waals surface area contributed by atoms with Crippen molar-refractivity contribution in [3.63, 3.8) is 0 Å². The first-order valence-electron chi connectivity index (χ1n) is 22.6. The molecule has 1 aliphatic carbocycles. The Morgan fingerprint density at radius 2 is 0.908 bits per heavy atom. The van der Waals surface area contributed by atoms with Crippen LogP contribution in [0.1, 0.15) is 25.0 Å². The molecule has 65 heavy (non-hydrogen) atoms. The molecule has 13 rings (SSSR count). The van der Waals surface area contributed by atoms with Crippen molar-refractivity contribution >= 4 is 71.3 Å². The van der Waals surface area contributed by atoms with Crippen molar-refractivity contribution in [3.8, 4) is 44.5 Å². The van der Waals surface area contributed by atoms with Gasteiger partial charge < -0.3 is 9.32 Å². The van der Waals surface area contributed by atoms with Crippen molar-refractivity contribution < 1.29 is 4.42 Å². The van der Waals surface area contributed by atoms with Crippen LogP contribution < -0.4 is 4.90 Å². The number of hydrogen-bond acceptors (Lipinski definition) is 2. The van der Waals surface area contributed by atoms with Crippen LogP contribution in [0.3, 0.4) is 0 Å². The number of rotatable bonds is 6. The molecule has 0 bridgehead atoms. The van der Waals surface area contributed by atoms with Gasteiger partial charge in [0.25, 0.3) is 0 Å². The summed E-state index contributed by atoms with van der Waals surface area (Å²) in [4.78, 5) is 2.41. The Morgan fingerprint density at radius 3 is 1.68 bits per heavy atom. The van der Waals surface area contributed by atoms with E-state index in [1.165, 1.54) is 60.3 Å². The van der Waals surface area contributed by atoms with Gasteiger partial charge in [0.2, 0.25) is 0 Å². The van der Waals surface area contributed by atoms with Gasteiger partial charge in [0.15, 0.2) is 0 Å². The lowest BCUT2D eigenvalue weighted by atomic mass is 9.82. The van der Waals surface area contributed by atoms with E-state index in [9.17, 15) is 0 Å². The van der Waals surface area contributed by atoms with Gasteiger partial charge in [0.1, 0.15) is 11.2 Å². The fraction of sp³-hybridized carbons (Fsp3) is 0.0476. The van der Waals surface area contributed by atoms with Crippen LogP contribution in [0, 0.1) is 0 Å². The van der Waals surface area contributed by atoms with Crippen molar-refractivity contribution in [1.29, 1.82) is 0 Å². The highest BCUT2D eigenvalue weighted by Gasteiger charge is 2.35. The number of benzene rings is 11. The van der Waals surface area contributed by atoms with Crippen molar-refractivity contribution in [2.45, 2.75) is 19.3 Å². The van der Waals surface area contributed by atoms with Gasteiger partial charge >= 0.3 is 0 Å². The molecule has 0 atom stereocenters. The highest BCUT2D eigenvalue weighted by molar-refractivity contribution is 6.32. The molecule has 0 amide bonds. The highest BCUT2D eigenvalue weighted by Crippen LogP contribution is 2.51. The van der Waals surface area contributed by atoms with Crippen LogP contribution in [0.15, 0.2) is 229 Å². The Kier molecular flexibility index (Phi) is 8.29. The summed E-state index contributed by atoms with van der Waals surface area (Å²) in [6.07, 6.45) is 0. The molecule has 306 valence electrons. The molecule has 0 unspecified atom stereocenters. The maximum absolute atomic E-state index is 7.07. The average molecular weight is 830 g/mol. The molecular weight excluding hydrogens is 787 g/mol. The molecule has 1 heterocycles. The Morgan fingerprint density at radius 1 is 0.338 bits per heavy atom. The van der Waals surface area contributed by atoms with Gasteiger partial charge in [0.05, 0.1) is 0 Å². The van der Waals surface area contributed by atoms with Gasteiger partial charge in [-0.15, -0.1) is 0 Å². The third-order valence-electron chi connectivity index (χ3n) is 14.0. The van der Waals surface area contributed by atoms with Crippen LogP contribution in [0.2, 0.25) is 0 Å². The SMILES string of the molecule is CC1(C)c2ccccc2-c2ccc(N(c3ccc(-c4ccccc4)cc3)c3ccc(-c4cc(-c5ccc6ccccc6c5)cc5oc6c7ccccc7c7ccccc7c6c45)cc3)cc21. The number of furan rings is 1. The van der Waals surface area contributed by atoms with E-state index in [-0.39, 0.29) is 5.41 Å². The Labute approximate surface area is 378 Å². The van der Waals surface area contributed by atoms with Crippen LogP contribution >= 0.6 is 0 Å². The molecule has 0 aliphatic heterocycles. The molecule has 0 spiro atoms. The van der Waals surface area contributed by atoms with Crippen molar-refractivity contribution in [3.05, 3.63) is 236 Å². The smallest absolute Gasteiger partial charge is 0.143 e. The van der Waals surface area contributed by atoms with Gasteiger partial charge in [-0.2, -0.15) is 0 Å². The van der Waals surface area contributed by atoms with E-state index in [1.807, 2.05) is 0 Å². The zero-order valence-electron chi connectivity index (χ0n) is 36.2. The second kappa shape index (κ2) is 14.4. The fourth-order valence-electron chi connectivity index (χ4n) is 10.8. The maximum atomic E-state index is 7.07. The second-order valence-electron chi connectivity index (χ2n) is 18.1. The van der Waals surface area contributed by atoms with Crippen LogP contribution in [-0.2, 0) is 5.41 Å². The number of hydrogen-bond donors (Lipinski definition) is 0. The predicted octanol–water partition coefficient (Wildman–Crippen LogP) is 17.8. The zero-order valence-corrected chi connectivity index (χ0v) is 36.2. The summed E-state index contributed by atoms with van der Waals surface area (Å²) < 4.78 is 7.07. The van der Waals surface area contributed by atoms with E-state index in [1.54, 1.807) is 0 Å². The minimum Gasteiger partial charge on any atom is -0.455 e. The van der Waals surface area contributed by atoms with E-state index < -0.39 is 0 Å². The molecule has 12 aromatic rings. The number of anilines is 3. The maximum Gasteiger partial charge on any atom is 0.143 e. The summed E-state index contributed by atoms with van der Waals surface area (Å²) in [7, 11) is 0. The first kappa shape index (κ1) is 37.4. The molecule has 0 radical (unpaired) electrons. The molecule has 1 aromatic heterocycles. The van der Waals surface area contributed by atoms with Crippen molar-refractivity contribution in [1.82, 2.24) is 0 Å².